The molecular formula is C21H27N3O3. The molecule has 0 aromatic heterocycles. The Bertz CT molecular complexity index is 716. The predicted molar refractivity (Wildman–Crippen MR) is 106 cm³/mol. The standard InChI is InChI=1S/C21H27N3O3/c22-21(23-27-13-5-12-26-20-8-2-1-3-9-20)19-7-4-6-18(16-19)17-24-10-14-25-15-11-24/h1-4,6-9,16H,5,10-15,17H2,(H2,22,23). The number of benzene rings is 2. The lowest BCUT2D eigenvalue weighted by Crippen LogP contribution is -2.35. The van der Waals surface area contributed by atoms with Crippen LogP contribution in [0.15, 0.2) is 59.8 Å². The molecule has 6 nitrogen and oxygen atoms in total. The van der Waals surface area contributed by atoms with Gasteiger partial charge in [-0.05, 0) is 23.8 Å². The van der Waals surface area contributed by atoms with Gasteiger partial charge in [-0.2, -0.15) is 0 Å². The fraction of sp³-hybridized carbons (Fsp3) is 0.381. The van der Waals surface area contributed by atoms with Gasteiger partial charge in [0.25, 0.3) is 0 Å². The first kappa shape index (κ1) is 19.2. The number of oxime groups is 1. The van der Waals surface area contributed by atoms with Crippen molar-refractivity contribution in [2.45, 2.75) is 13.0 Å². The van der Waals surface area contributed by atoms with E-state index in [4.69, 9.17) is 20.0 Å². The van der Waals surface area contributed by atoms with Gasteiger partial charge in [-0.3, -0.25) is 4.90 Å². The zero-order valence-corrected chi connectivity index (χ0v) is 15.5. The van der Waals surface area contributed by atoms with Gasteiger partial charge in [0.15, 0.2) is 5.84 Å². The molecule has 0 spiro atoms. The molecule has 1 fully saturated rings. The summed E-state index contributed by atoms with van der Waals surface area (Å²) in [5, 5.41) is 4.03. The Balaban J connectivity index is 1.41. The Morgan fingerprint density at radius 2 is 1.85 bits per heavy atom. The topological polar surface area (TPSA) is 69.3 Å². The summed E-state index contributed by atoms with van der Waals surface area (Å²) in [5.74, 6) is 1.25. The summed E-state index contributed by atoms with van der Waals surface area (Å²) in [6.07, 6.45) is 0.739. The van der Waals surface area contributed by atoms with E-state index in [9.17, 15) is 0 Å². The number of nitrogens with two attached hydrogens (primary N) is 1. The summed E-state index contributed by atoms with van der Waals surface area (Å²) in [6.45, 7) is 5.44. The highest BCUT2D eigenvalue weighted by Gasteiger charge is 2.11. The van der Waals surface area contributed by atoms with E-state index < -0.39 is 0 Å². The summed E-state index contributed by atoms with van der Waals surface area (Å²) in [6, 6.07) is 17.8. The summed E-state index contributed by atoms with van der Waals surface area (Å²) in [7, 11) is 0. The van der Waals surface area contributed by atoms with E-state index in [1.165, 1.54) is 5.56 Å². The van der Waals surface area contributed by atoms with Crippen LogP contribution in [0.3, 0.4) is 0 Å². The molecule has 27 heavy (non-hydrogen) atoms. The molecule has 1 aliphatic rings. The van der Waals surface area contributed by atoms with Crippen molar-refractivity contribution in [2.75, 3.05) is 39.5 Å². The monoisotopic (exact) mass is 369 g/mol. The molecule has 0 amide bonds. The second-order valence-corrected chi connectivity index (χ2v) is 6.41. The summed E-state index contributed by atoms with van der Waals surface area (Å²) < 4.78 is 11.0. The molecule has 1 saturated heterocycles. The van der Waals surface area contributed by atoms with Crippen LogP contribution in [0.2, 0.25) is 0 Å². The van der Waals surface area contributed by atoms with Gasteiger partial charge in [0.05, 0.1) is 19.8 Å². The van der Waals surface area contributed by atoms with Gasteiger partial charge in [0.2, 0.25) is 0 Å². The minimum absolute atomic E-state index is 0.391. The number of hydrogen-bond donors (Lipinski definition) is 1. The van der Waals surface area contributed by atoms with Crippen molar-refractivity contribution in [3.05, 3.63) is 65.7 Å². The molecule has 3 rings (SSSR count). The van der Waals surface area contributed by atoms with Gasteiger partial charge in [0.1, 0.15) is 12.4 Å². The van der Waals surface area contributed by atoms with E-state index in [1.54, 1.807) is 0 Å². The Kier molecular flexibility index (Phi) is 7.50. The zero-order chi connectivity index (χ0) is 18.7. The zero-order valence-electron chi connectivity index (χ0n) is 15.5. The molecule has 0 radical (unpaired) electrons. The highest BCUT2D eigenvalue weighted by molar-refractivity contribution is 5.97. The highest BCUT2D eigenvalue weighted by atomic mass is 16.6. The van der Waals surface area contributed by atoms with Crippen LogP contribution in [0, 0.1) is 0 Å². The molecule has 0 aliphatic carbocycles. The lowest BCUT2D eigenvalue weighted by molar-refractivity contribution is 0.0342. The minimum atomic E-state index is 0.391. The molecule has 2 aromatic rings. The third-order valence-electron chi connectivity index (χ3n) is 4.29. The van der Waals surface area contributed by atoms with E-state index in [0.29, 0.717) is 19.0 Å². The number of rotatable bonds is 9. The van der Waals surface area contributed by atoms with Gasteiger partial charge in [-0.15, -0.1) is 0 Å². The number of nitrogens with zero attached hydrogens (tertiary/aromatic N) is 2. The molecule has 2 aromatic carbocycles. The lowest BCUT2D eigenvalue weighted by Gasteiger charge is -2.26. The van der Waals surface area contributed by atoms with Crippen molar-refractivity contribution < 1.29 is 14.3 Å². The number of hydrogen-bond acceptors (Lipinski definition) is 5. The van der Waals surface area contributed by atoms with E-state index in [1.807, 2.05) is 42.5 Å². The molecule has 1 aliphatic heterocycles. The van der Waals surface area contributed by atoms with E-state index in [0.717, 1.165) is 50.6 Å². The van der Waals surface area contributed by atoms with E-state index in [-0.39, 0.29) is 0 Å². The van der Waals surface area contributed by atoms with Crippen LogP contribution in [0.25, 0.3) is 0 Å². The third-order valence-corrected chi connectivity index (χ3v) is 4.29. The fourth-order valence-corrected chi connectivity index (χ4v) is 2.84. The van der Waals surface area contributed by atoms with E-state index in [2.05, 4.69) is 22.2 Å². The largest absolute Gasteiger partial charge is 0.493 e. The third kappa shape index (κ3) is 6.58. The SMILES string of the molecule is NC(=NOCCCOc1ccccc1)c1cccc(CN2CCOCC2)c1. The van der Waals surface area contributed by atoms with Gasteiger partial charge in [-0.1, -0.05) is 41.6 Å². The van der Waals surface area contributed by atoms with Crippen LogP contribution in [0.4, 0.5) is 0 Å². The lowest BCUT2D eigenvalue weighted by atomic mass is 10.1. The van der Waals surface area contributed by atoms with Gasteiger partial charge in [-0.25, -0.2) is 0 Å². The van der Waals surface area contributed by atoms with Crippen LogP contribution in [-0.4, -0.2) is 50.3 Å². The van der Waals surface area contributed by atoms with Crippen LogP contribution < -0.4 is 10.5 Å². The van der Waals surface area contributed by atoms with Gasteiger partial charge in [0, 0.05) is 31.6 Å². The van der Waals surface area contributed by atoms with Gasteiger partial charge >= 0.3 is 0 Å². The second-order valence-electron chi connectivity index (χ2n) is 6.41. The molecule has 2 N–H and O–H groups in total. The Morgan fingerprint density at radius 3 is 2.67 bits per heavy atom. The van der Waals surface area contributed by atoms with Crippen molar-refractivity contribution in [1.29, 1.82) is 0 Å². The summed E-state index contributed by atoms with van der Waals surface area (Å²) >= 11 is 0. The van der Waals surface area contributed by atoms with Crippen LogP contribution in [0.1, 0.15) is 17.5 Å². The Morgan fingerprint density at radius 1 is 1.04 bits per heavy atom. The average molecular weight is 369 g/mol. The molecule has 0 unspecified atom stereocenters. The first-order valence-corrected chi connectivity index (χ1v) is 9.34. The smallest absolute Gasteiger partial charge is 0.170 e. The molecule has 0 bridgehead atoms. The van der Waals surface area contributed by atoms with Crippen molar-refractivity contribution in [3.8, 4) is 5.75 Å². The molecular weight excluding hydrogens is 342 g/mol. The Labute approximate surface area is 160 Å². The number of morpholine rings is 1. The first-order chi connectivity index (χ1) is 13.3. The number of ether oxygens (including phenoxy) is 2. The quantitative estimate of drug-likeness (QED) is 0.318. The Hall–Kier alpha value is -2.57. The summed E-state index contributed by atoms with van der Waals surface area (Å²) in [5.41, 5.74) is 8.15. The molecule has 0 atom stereocenters. The van der Waals surface area contributed by atoms with Gasteiger partial charge < -0.3 is 20.0 Å². The minimum Gasteiger partial charge on any atom is -0.493 e. The molecule has 144 valence electrons. The average Bonchev–Trinajstić information content (AvgIpc) is 2.72. The molecule has 0 saturated carbocycles. The fourth-order valence-electron chi connectivity index (χ4n) is 2.84. The normalized spacial score (nSPS) is 15.5. The maximum atomic E-state index is 6.06. The first-order valence-electron chi connectivity index (χ1n) is 9.34. The van der Waals surface area contributed by atoms with E-state index >= 15 is 0 Å². The van der Waals surface area contributed by atoms with Crippen LogP contribution in [-0.2, 0) is 16.1 Å². The summed E-state index contributed by atoms with van der Waals surface area (Å²) in [4.78, 5) is 7.71. The van der Waals surface area contributed by atoms with Crippen molar-refractivity contribution in [2.24, 2.45) is 10.9 Å². The molecule has 6 heteroatoms. The second kappa shape index (κ2) is 10.5. The molecule has 1 heterocycles. The van der Waals surface area contributed by atoms with Crippen molar-refractivity contribution in [1.82, 2.24) is 4.90 Å². The van der Waals surface area contributed by atoms with Crippen molar-refractivity contribution >= 4 is 5.84 Å². The maximum absolute atomic E-state index is 6.06. The number of amidine groups is 1. The van der Waals surface area contributed by atoms with Crippen LogP contribution >= 0.6 is 0 Å². The highest BCUT2D eigenvalue weighted by Crippen LogP contribution is 2.11. The number of para-hydroxylation sites is 1. The van der Waals surface area contributed by atoms with Crippen molar-refractivity contribution in [3.63, 3.8) is 0 Å². The predicted octanol–water partition coefficient (Wildman–Crippen LogP) is 2.62. The van der Waals surface area contributed by atoms with Crippen LogP contribution in [0.5, 0.6) is 5.75 Å². The maximum Gasteiger partial charge on any atom is 0.170 e.